The summed E-state index contributed by atoms with van der Waals surface area (Å²) in [5.74, 6) is 0. The van der Waals surface area contributed by atoms with Gasteiger partial charge in [0, 0.05) is 30.4 Å². The number of aromatic nitrogens is 2. The van der Waals surface area contributed by atoms with Crippen molar-refractivity contribution in [2.24, 2.45) is 0 Å². The quantitative estimate of drug-likeness (QED) is 0.868. The Hall–Kier alpha value is -1.95. The van der Waals surface area contributed by atoms with Gasteiger partial charge in [-0.15, -0.1) is 11.3 Å². The largest absolute Gasteiger partial charge is 0.338 e. The van der Waals surface area contributed by atoms with Crippen molar-refractivity contribution in [1.29, 1.82) is 0 Å². The Bertz CT molecular complexity index is 681. The molecule has 0 spiro atoms. The average molecular weight is 346 g/mol. The summed E-state index contributed by atoms with van der Waals surface area (Å²) in [6, 6.07) is 3.99. The van der Waals surface area contributed by atoms with Crippen LogP contribution in [0.2, 0.25) is 0 Å². The molecule has 0 fully saturated rings. The van der Waals surface area contributed by atoms with Crippen LogP contribution in [0.25, 0.3) is 0 Å². The molecule has 130 valence electrons. The summed E-state index contributed by atoms with van der Waals surface area (Å²) < 4.78 is 0. The maximum Gasteiger partial charge on any atom is 0.317 e. The smallest absolute Gasteiger partial charge is 0.317 e. The zero-order chi connectivity index (χ0) is 17.7. The molecule has 0 aliphatic heterocycles. The molecule has 0 saturated heterocycles. The van der Waals surface area contributed by atoms with Gasteiger partial charge in [0.15, 0.2) is 0 Å². The number of thiazole rings is 1. The standard InChI is InChI=1S/C18H26N4OS/c1-6-16-21-13(3)17(24-16)14(4)22(5)18(23)19-10-9-15-8-7-12(2)20-11-15/h7-8,11,14H,6,9-10H2,1-5H3,(H,19,23)/t14-/m1/s1. The molecule has 2 heterocycles. The first-order valence-corrected chi connectivity index (χ1v) is 9.12. The zero-order valence-electron chi connectivity index (χ0n) is 15.1. The molecule has 0 aliphatic carbocycles. The Morgan fingerprint density at radius 3 is 2.71 bits per heavy atom. The van der Waals surface area contributed by atoms with E-state index in [1.165, 1.54) is 0 Å². The van der Waals surface area contributed by atoms with Crippen LogP contribution in [0.3, 0.4) is 0 Å². The van der Waals surface area contributed by atoms with E-state index in [2.05, 4.69) is 22.2 Å². The highest BCUT2D eigenvalue weighted by molar-refractivity contribution is 7.11. The van der Waals surface area contributed by atoms with Gasteiger partial charge in [0.1, 0.15) is 0 Å². The van der Waals surface area contributed by atoms with Crippen LogP contribution in [0.4, 0.5) is 4.79 Å². The maximum absolute atomic E-state index is 12.4. The van der Waals surface area contributed by atoms with Crippen molar-refractivity contribution in [3.05, 3.63) is 45.2 Å². The first-order chi connectivity index (χ1) is 11.4. The van der Waals surface area contributed by atoms with Gasteiger partial charge < -0.3 is 10.2 Å². The third-order valence-corrected chi connectivity index (χ3v) is 5.59. The number of nitrogens with zero attached hydrogens (tertiary/aromatic N) is 3. The van der Waals surface area contributed by atoms with Gasteiger partial charge in [-0.3, -0.25) is 4.98 Å². The summed E-state index contributed by atoms with van der Waals surface area (Å²) >= 11 is 1.69. The van der Waals surface area contributed by atoms with Crippen LogP contribution in [0.1, 0.15) is 46.7 Å². The molecule has 0 radical (unpaired) electrons. The molecule has 0 unspecified atom stereocenters. The summed E-state index contributed by atoms with van der Waals surface area (Å²) in [4.78, 5) is 24.1. The number of urea groups is 1. The second kappa shape index (κ2) is 8.24. The minimum absolute atomic E-state index is 0.0174. The zero-order valence-corrected chi connectivity index (χ0v) is 15.9. The van der Waals surface area contributed by atoms with Crippen molar-refractivity contribution in [3.8, 4) is 0 Å². The number of rotatable bonds is 6. The van der Waals surface area contributed by atoms with Crippen LogP contribution in [0, 0.1) is 13.8 Å². The topological polar surface area (TPSA) is 58.1 Å². The van der Waals surface area contributed by atoms with E-state index in [0.717, 1.165) is 39.7 Å². The SMILES string of the molecule is CCc1nc(C)c([C@@H](C)N(C)C(=O)NCCc2ccc(C)nc2)s1. The molecule has 0 aromatic carbocycles. The number of pyridine rings is 1. The first kappa shape index (κ1) is 18.4. The molecular formula is C18H26N4OS. The molecular weight excluding hydrogens is 320 g/mol. The lowest BCUT2D eigenvalue weighted by molar-refractivity contribution is 0.195. The fourth-order valence-electron chi connectivity index (χ4n) is 2.44. The third kappa shape index (κ3) is 4.54. The number of hydrogen-bond donors (Lipinski definition) is 1. The van der Waals surface area contributed by atoms with Crippen molar-refractivity contribution >= 4 is 17.4 Å². The highest BCUT2D eigenvalue weighted by Gasteiger charge is 2.21. The van der Waals surface area contributed by atoms with E-state index < -0.39 is 0 Å². The van der Waals surface area contributed by atoms with E-state index in [9.17, 15) is 4.79 Å². The Morgan fingerprint density at radius 2 is 2.12 bits per heavy atom. The van der Waals surface area contributed by atoms with Crippen LogP contribution in [0.5, 0.6) is 0 Å². The van der Waals surface area contributed by atoms with Crippen molar-refractivity contribution in [2.45, 2.75) is 46.6 Å². The average Bonchev–Trinajstić information content (AvgIpc) is 2.96. The van der Waals surface area contributed by atoms with Crippen molar-refractivity contribution in [3.63, 3.8) is 0 Å². The van der Waals surface area contributed by atoms with E-state index in [0.29, 0.717) is 6.54 Å². The fourth-order valence-corrected chi connectivity index (χ4v) is 3.54. The normalized spacial score (nSPS) is 12.0. The number of aryl methyl sites for hydroxylation is 3. The Balaban J connectivity index is 1.88. The van der Waals surface area contributed by atoms with Gasteiger partial charge in [-0.1, -0.05) is 13.0 Å². The first-order valence-electron chi connectivity index (χ1n) is 8.30. The Kier molecular flexibility index (Phi) is 6.31. The van der Waals surface area contributed by atoms with E-state index in [4.69, 9.17) is 0 Å². The minimum atomic E-state index is -0.0616. The van der Waals surface area contributed by atoms with Gasteiger partial charge in [-0.05, 0) is 45.2 Å². The summed E-state index contributed by atoms with van der Waals surface area (Å²) in [5, 5.41) is 4.10. The van der Waals surface area contributed by atoms with E-state index >= 15 is 0 Å². The van der Waals surface area contributed by atoms with Crippen LogP contribution < -0.4 is 5.32 Å². The lowest BCUT2D eigenvalue weighted by Crippen LogP contribution is -2.39. The molecule has 0 aliphatic rings. The number of carbonyl (C=O) groups excluding carboxylic acids is 1. The highest BCUT2D eigenvalue weighted by atomic mass is 32.1. The van der Waals surface area contributed by atoms with Crippen LogP contribution >= 0.6 is 11.3 Å². The molecule has 24 heavy (non-hydrogen) atoms. The summed E-state index contributed by atoms with van der Waals surface area (Å²) in [5.41, 5.74) is 3.15. The Labute approximate surface area is 148 Å². The predicted octanol–water partition coefficient (Wildman–Crippen LogP) is 3.66. The molecule has 1 atom stereocenters. The summed E-state index contributed by atoms with van der Waals surface area (Å²) in [7, 11) is 1.83. The van der Waals surface area contributed by atoms with Crippen molar-refractivity contribution in [1.82, 2.24) is 20.2 Å². The van der Waals surface area contributed by atoms with Gasteiger partial charge in [0.25, 0.3) is 0 Å². The van der Waals surface area contributed by atoms with Crippen LogP contribution in [0.15, 0.2) is 18.3 Å². The molecule has 2 aromatic heterocycles. The second-order valence-electron chi connectivity index (χ2n) is 5.99. The van der Waals surface area contributed by atoms with E-state index in [1.807, 2.05) is 46.1 Å². The van der Waals surface area contributed by atoms with E-state index in [1.54, 1.807) is 16.2 Å². The highest BCUT2D eigenvalue weighted by Crippen LogP contribution is 2.28. The second-order valence-corrected chi connectivity index (χ2v) is 7.10. The van der Waals surface area contributed by atoms with Crippen LogP contribution in [-0.2, 0) is 12.8 Å². The molecule has 2 aromatic rings. The van der Waals surface area contributed by atoms with Gasteiger partial charge in [0.05, 0.1) is 16.7 Å². The van der Waals surface area contributed by atoms with Gasteiger partial charge in [0.2, 0.25) is 0 Å². The molecule has 2 amide bonds. The molecule has 1 N–H and O–H groups in total. The van der Waals surface area contributed by atoms with Gasteiger partial charge >= 0.3 is 6.03 Å². The minimum Gasteiger partial charge on any atom is -0.338 e. The molecule has 6 heteroatoms. The number of carbonyl (C=O) groups is 1. The number of amides is 2. The Morgan fingerprint density at radius 1 is 1.38 bits per heavy atom. The number of nitrogens with one attached hydrogen (secondary N) is 1. The van der Waals surface area contributed by atoms with Gasteiger partial charge in [-0.2, -0.15) is 0 Å². The van der Waals surface area contributed by atoms with Gasteiger partial charge in [-0.25, -0.2) is 9.78 Å². The maximum atomic E-state index is 12.4. The summed E-state index contributed by atoms with van der Waals surface area (Å²) in [6.45, 7) is 8.72. The van der Waals surface area contributed by atoms with Crippen LogP contribution in [-0.4, -0.2) is 34.5 Å². The number of hydrogen-bond acceptors (Lipinski definition) is 4. The summed E-state index contributed by atoms with van der Waals surface area (Å²) in [6.07, 6.45) is 3.57. The van der Waals surface area contributed by atoms with E-state index in [-0.39, 0.29) is 12.1 Å². The fraction of sp³-hybridized carbons (Fsp3) is 0.500. The monoisotopic (exact) mass is 346 g/mol. The molecule has 5 nitrogen and oxygen atoms in total. The molecule has 0 saturated carbocycles. The molecule has 2 rings (SSSR count). The lowest BCUT2D eigenvalue weighted by Gasteiger charge is -2.24. The molecule has 0 bridgehead atoms. The third-order valence-electron chi connectivity index (χ3n) is 4.12. The van der Waals surface area contributed by atoms with Crippen molar-refractivity contribution < 1.29 is 4.79 Å². The predicted molar refractivity (Wildman–Crippen MR) is 98.5 cm³/mol. The van der Waals surface area contributed by atoms with Crippen molar-refractivity contribution in [2.75, 3.05) is 13.6 Å². The lowest BCUT2D eigenvalue weighted by atomic mass is 10.2.